The summed E-state index contributed by atoms with van der Waals surface area (Å²) in [7, 11) is 0. The molecule has 1 saturated carbocycles. The quantitative estimate of drug-likeness (QED) is 0.774. The van der Waals surface area contributed by atoms with Gasteiger partial charge in [-0.1, -0.05) is 13.3 Å². The van der Waals surface area contributed by atoms with Gasteiger partial charge in [0.25, 0.3) is 0 Å². The van der Waals surface area contributed by atoms with Crippen molar-refractivity contribution in [3.05, 3.63) is 0 Å². The van der Waals surface area contributed by atoms with Gasteiger partial charge in [-0.3, -0.25) is 4.79 Å². The number of carboxylic acid groups (broad SMARTS) is 1. The van der Waals surface area contributed by atoms with Crippen molar-refractivity contribution in [3.8, 4) is 0 Å². The number of amides is 2. The zero-order chi connectivity index (χ0) is 14.6. The summed E-state index contributed by atoms with van der Waals surface area (Å²) in [5, 5.41) is 11.9. The van der Waals surface area contributed by atoms with Crippen LogP contribution in [-0.2, 0) is 9.53 Å². The first-order valence-electron chi connectivity index (χ1n) is 7.40. The lowest BCUT2D eigenvalue weighted by Gasteiger charge is -2.35. The lowest BCUT2D eigenvalue weighted by molar-refractivity contribution is -0.139. The van der Waals surface area contributed by atoms with Gasteiger partial charge in [-0.15, -0.1) is 0 Å². The molecule has 1 unspecified atom stereocenters. The first-order valence-corrected chi connectivity index (χ1v) is 7.40. The molecule has 0 bridgehead atoms. The van der Waals surface area contributed by atoms with Crippen LogP contribution < -0.4 is 5.32 Å². The van der Waals surface area contributed by atoms with E-state index in [1.54, 1.807) is 4.90 Å². The largest absolute Gasteiger partial charge is 0.481 e. The van der Waals surface area contributed by atoms with Gasteiger partial charge in [0.1, 0.15) is 0 Å². The molecule has 2 N–H and O–H groups in total. The highest BCUT2D eigenvalue weighted by Gasteiger charge is 2.42. The smallest absolute Gasteiger partial charge is 0.317 e. The number of ether oxygens (including phenoxy) is 1. The Morgan fingerprint density at radius 1 is 1.45 bits per heavy atom. The van der Waals surface area contributed by atoms with Gasteiger partial charge in [0.2, 0.25) is 0 Å². The molecule has 114 valence electrons. The van der Waals surface area contributed by atoms with Gasteiger partial charge in [0.15, 0.2) is 0 Å². The maximum atomic E-state index is 12.2. The molecule has 2 aliphatic rings. The first kappa shape index (κ1) is 15.1. The predicted molar refractivity (Wildman–Crippen MR) is 73.5 cm³/mol. The number of nitrogens with zero attached hydrogens (tertiary/aromatic N) is 1. The molecule has 2 amide bonds. The van der Waals surface area contributed by atoms with Crippen molar-refractivity contribution in [2.45, 2.75) is 45.1 Å². The van der Waals surface area contributed by atoms with Crippen molar-refractivity contribution in [2.24, 2.45) is 5.41 Å². The number of hydrogen-bond acceptors (Lipinski definition) is 3. The van der Waals surface area contributed by atoms with E-state index in [0.29, 0.717) is 31.7 Å². The van der Waals surface area contributed by atoms with Gasteiger partial charge in [-0.25, -0.2) is 4.79 Å². The maximum Gasteiger partial charge on any atom is 0.317 e. The summed E-state index contributed by atoms with van der Waals surface area (Å²) in [6, 6.07) is -0.510. The second-order valence-electron chi connectivity index (χ2n) is 5.93. The van der Waals surface area contributed by atoms with Crippen LogP contribution >= 0.6 is 0 Å². The Balaban J connectivity index is 1.84. The minimum absolute atomic E-state index is 0.0620. The fraction of sp³-hybridized carbons (Fsp3) is 0.857. The van der Waals surface area contributed by atoms with Crippen LogP contribution in [0.15, 0.2) is 0 Å². The highest BCUT2D eigenvalue weighted by atomic mass is 16.5. The molecule has 20 heavy (non-hydrogen) atoms. The number of carboxylic acids is 1. The third-order valence-corrected chi connectivity index (χ3v) is 4.25. The van der Waals surface area contributed by atoms with Crippen molar-refractivity contribution in [2.75, 3.05) is 26.3 Å². The topological polar surface area (TPSA) is 78.9 Å². The molecule has 0 aromatic heterocycles. The molecule has 1 aliphatic heterocycles. The zero-order valence-electron chi connectivity index (χ0n) is 12.1. The number of rotatable bonds is 6. The molecule has 1 saturated heterocycles. The molecule has 1 aliphatic carbocycles. The number of carbonyl (C=O) groups excluding carboxylic acids is 1. The van der Waals surface area contributed by atoms with Crippen LogP contribution in [0.3, 0.4) is 0 Å². The molecule has 2 rings (SSSR count). The van der Waals surface area contributed by atoms with E-state index in [1.807, 2.05) is 0 Å². The summed E-state index contributed by atoms with van der Waals surface area (Å²) in [6.07, 6.45) is 4.59. The molecule has 0 aromatic rings. The highest BCUT2D eigenvalue weighted by molar-refractivity contribution is 5.76. The Morgan fingerprint density at radius 3 is 2.80 bits per heavy atom. The molecule has 0 radical (unpaired) electrons. The van der Waals surface area contributed by atoms with E-state index in [4.69, 9.17) is 9.84 Å². The van der Waals surface area contributed by atoms with E-state index in [1.165, 1.54) is 12.8 Å². The van der Waals surface area contributed by atoms with Crippen molar-refractivity contribution in [1.29, 1.82) is 0 Å². The molecule has 6 nitrogen and oxygen atoms in total. The average molecular weight is 284 g/mol. The minimum Gasteiger partial charge on any atom is -0.481 e. The Morgan fingerprint density at radius 2 is 2.20 bits per heavy atom. The normalized spacial score (nSPS) is 24.2. The molecular weight excluding hydrogens is 260 g/mol. The molecule has 1 atom stereocenters. The Hall–Kier alpha value is -1.30. The summed E-state index contributed by atoms with van der Waals surface area (Å²) in [4.78, 5) is 24.7. The first-order chi connectivity index (χ1) is 9.56. The molecule has 6 heteroatoms. The Labute approximate surface area is 119 Å². The van der Waals surface area contributed by atoms with Gasteiger partial charge >= 0.3 is 12.0 Å². The van der Waals surface area contributed by atoms with E-state index in [9.17, 15) is 9.59 Å². The van der Waals surface area contributed by atoms with E-state index in [0.717, 1.165) is 12.8 Å². The van der Waals surface area contributed by atoms with Crippen molar-refractivity contribution in [3.63, 3.8) is 0 Å². The summed E-state index contributed by atoms with van der Waals surface area (Å²) >= 11 is 0. The molecule has 0 spiro atoms. The van der Waals surface area contributed by atoms with Crippen LogP contribution in [0.5, 0.6) is 0 Å². The van der Waals surface area contributed by atoms with E-state index in [2.05, 4.69) is 12.2 Å². The predicted octanol–water partition coefficient (Wildman–Crippen LogP) is 1.45. The maximum absolute atomic E-state index is 12.2. The standard InChI is InChI=1S/C14H24N2O4/c1-2-3-14(4-5-14)10-15-13(19)16-6-7-20-9-11(16)8-12(17)18/h11H,2-10H2,1H3,(H,15,19)(H,17,18). The van der Waals surface area contributed by atoms with Crippen molar-refractivity contribution in [1.82, 2.24) is 10.2 Å². The third-order valence-electron chi connectivity index (χ3n) is 4.25. The van der Waals surface area contributed by atoms with Gasteiger partial charge in [0.05, 0.1) is 25.7 Å². The van der Waals surface area contributed by atoms with E-state index in [-0.39, 0.29) is 18.5 Å². The van der Waals surface area contributed by atoms with Crippen LogP contribution in [0, 0.1) is 5.41 Å². The number of aliphatic carboxylic acids is 1. The lowest BCUT2D eigenvalue weighted by atomic mass is 10.0. The second-order valence-corrected chi connectivity index (χ2v) is 5.93. The Bertz CT molecular complexity index is 368. The van der Waals surface area contributed by atoms with Gasteiger partial charge in [-0.2, -0.15) is 0 Å². The second kappa shape index (κ2) is 6.43. The van der Waals surface area contributed by atoms with Gasteiger partial charge < -0.3 is 20.1 Å². The summed E-state index contributed by atoms with van der Waals surface area (Å²) in [5.41, 5.74) is 0.305. The molecule has 1 heterocycles. The SMILES string of the molecule is CCCC1(CNC(=O)N2CCOCC2CC(=O)O)CC1. The molecule has 0 aromatic carbocycles. The van der Waals surface area contributed by atoms with Gasteiger partial charge in [0, 0.05) is 13.1 Å². The molecule has 2 fully saturated rings. The number of hydrogen-bond donors (Lipinski definition) is 2. The average Bonchev–Trinajstić information content (AvgIpc) is 3.17. The van der Waals surface area contributed by atoms with Crippen LogP contribution in [0.1, 0.15) is 39.0 Å². The van der Waals surface area contributed by atoms with Crippen molar-refractivity contribution < 1.29 is 19.4 Å². The number of urea groups is 1. The van der Waals surface area contributed by atoms with E-state index < -0.39 is 5.97 Å². The lowest BCUT2D eigenvalue weighted by Crippen LogP contribution is -2.53. The zero-order valence-corrected chi connectivity index (χ0v) is 12.1. The van der Waals surface area contributed by atoms with Crippen molar-refractivity contribution >= 4 is 12.0 Å². The fourth-order valence-electron chi connectivity index (χ4n) is 2.88. The Kier molecular flexibility index (Phi) is 4.86. The monoisotopic (exact) mass is 284 g/mol. The van der Waals surface area contributed by atoms with Gasteiger partial charge in [-0.05, 0) is 24.7 Å². The van der Waals surface area contributed by atoms with Crippen LogP contribution in [0.4, 0.5) is 4.79 Å². The fourth-order valence-corrected chi connectivity index (χ4v) is 2.88. The van der Waals surface area contributed by atoms with Crippen LogP contribution in [0.25, 0.3) is 0 Å². The van der Waals surface area contributed by atoms with E-state index >= 15 is 0 Å². The third kappa shape index (κ3) is 3.85. The summed E-state index contributed by atoms with van der Waals surface area (Å²) in [5.74, 6) is -0.900. The number of nitrogens with one attached hydrogen (secondary N) is 1. The summed E-state index contributed by atoms with van der Waals surface area (Å²) in [6.45, 7) is 4.11. The molecular formula is C14H24N2O4. The number of morpholine rings is 1. The minimum atomic E-state index is -0.900. The number of carbonyl (C=O) groups is 2. The van der Waals surface area contributed by atoms with Crippen LogP contribution in [0.2, 0.25) is 0 Å². The highest BCUT2D eigenvalue weighted by Crippen LogP contribution is 2.48. The van der Waals surface area contributed by atoms with Crippen LogP contribution in [-0.4, -0.2) is 54.4 Å². The summed E-state index contributed by atoms with van der Waals surface area (Å²) < 4.78 is 5.27.